The number of isocyanates is 1. The fraction of sp³-hybridized carbons (Fsp3) is 0.462. The Balaban J connectivity index is 2.08. The summed E-state index contributed by atoms with van der Waals surface area (Å²) >= 11 is 0. The molecular weight excluding hydrogens is 218 g/mol. The van der Waals surface area contributed by atoms with Crippen LogP contribution in [0, 0.1) is 0 Å². The third kappa shape index (κ3) is 1.71. The molecule has 3 rings (SSSR count). The zero-order valence-electron chi connectivity index (χ0n) is 9.44. The van der Waals surface area contributed by atoms with E-state index in [0.717, 1.165) is 36.3 Å². The molecule has 1 saturated carbocycles. The molecule has 4 heteroatoms. The van der Waals surface area contributed by atoms with Crippen molar-refractivity contribution in [1.82, 2.24) is 0 Å². The number of ether oxygens (including phenoxy) is 2. The highest BCUT2D eigenvalue weighted by Crippen LogP contribution is 2.54. The van der Waals surface area contributed by atoms with Gasteiger partial charge < -0.3 is 9.47 Å². The van der Waals surface area contributed by atoms with Crippen molar-refractivity contribution in [3.05, 3.63) is 23.8 Å². The number of aliphatic imine (C=N–C) groups is 1. The van der Waals surface area contributed by atoms with E-state index in [2.05, 4.69) is 4.99 Å². The van der Waals surface area contributed by atoms with Crippen molar-refractivity contribution in [2.45, 2.75) is 24.8 Å². The number of rotatable bonds is 2. The van der Waals surface area contributed by atoms with E-state index in [1.54, 1.807) is 6.08 Å². The van der Waals surface area contributed by atoms with Gasteiger partial charge in [0.1, 0.15) is 5.54 Å². The highest BCUT2D eigenvalue weighted by molar-refractivity contribution is 5.54. The quantitative estimate of drug-likeness (QED) is 0.579. The third-order valence-electron chi connectivity index (χ3n) is 3.26. The molecular formula is C13H13NO3. The van der Waals surface area contributed by atoms with Gasteiger partial charge in [-0.25, -0.2) is 4.79 Å². The summed E-state index contributed by atoms with van der Waals surface area (Å²) in [7, 11) is 0. The van der Waals surface area contributed by atoms with Gasteiger partial charge in [-0.15, -0.1) is 0 Å². The molecule has 4 nitrogen and oxygen atoms in total. The molecule has 0 saturated heterocycles. The summed E-state index contributed by atoms with van der Waals surface area (Å²) in [5.41, 5.74) is 0.557. The average molecular weight is 231 g/mol. The van der Waals surface area contributed by atoms with Crippen molar-refractivity contribution in [1.29, 1.82) is 0 Å². The standard InChI is InChI=1S/C13H13NO3/c15-9-14-13(5-6-13)10-3-1-4-11-12(10)17-8-2-7-16-11/h1,3-4H,2,5-8H2. The first-order valence-electron chi connectivity index (χ1n) is 5.84. The lowest BCUT2D eigenvalue weighted by molar-refractivity contribution is 0.295. The molecule has 0 aromatic heterocycles. The Labute approximate surface area is 99.3 Å². The molecule has 0 spiro atoms. The first kappa shape index (κ1) is 10.4. The van der Waals surface area contributed by atoms with Gasteiger partial charge in [0.25, 0.3) is 0 Å². The van der Waals surface area contributed by atoms with Crippen molar-refractivity contribution >= 4 is 6.08 Å². The molecule has 0 unspecified atom stereocenters. The second-order valence-corrected chi connectivity index (χ2v) is 4.42. The van der Waals surface area contributed by atoms with Crippen LogP contribution in [-0.4, -0.2) is 19.3 Å². The first-order chi connectivity index (χ1) is 8.36. The smallest absolute Gasteiger partial charge is 0.235 e. The molecule has 1 heterocycles. The van der Waals surface area contributed by atoms with E-state index in [1.807, 2.05) is 18.2 Å². The largest absolute Gasteiger partial charge is 0.490 e. The van der Waals surface area contributed by atoms with Gasteiger partial charge in [-0.1, -0.05) is 12.1 Å². The molecule has 1 aromatic carbocycles. The third-order valence-corrected chi connectivity index (χ3v) is 3.26. The van der Waals surface area contributed by atoms with Gasteiger partial charge in [-0.3, -0.25) is 0 Å². The van der Waals surface area contributed by atoms with Crippen molar-refractivity contribution < 1.29 is 14.3 Å². The number of hydrogen-bond acceptors (Lipinski definition) is 4. The molecule has 1 aliphatic carbocycles. The molecule has 0 radical (unpaired) electrons. The van der Waals surface area contributed by atoms with E-state index in [9.17, 15) is 4.79 Å². The Morgan fingerprint density at radius 2 is 2.06 bits per heavy atom. The van der Waals surface area contributed by atoms with E-state index in [-0.39, 0.29) is 0 Å². The SMILES string of the molecule is O=C=NC1(c2cccc3c2OCCCO3)CC1. The van der Waals surface area contributed by atoms with Crippen LogP contribution >= 0.6 is 0 Å². The summed E-state index contributed by atoms with van der Waals surface area (Å²) in [6.07, 6.45) is 4.30. The van der Waals surface area contributed by atoms with E-state index >= 15 is 0 Å². The number of para-hydroxylation sites is 1. The van der Waals surface area contributed by atoms with Gasteiger partial charge in [0, 0.05) is 12.0 Å². The maximum atomic E-state index is 10.5. The van der Waals surface area contributed by atoms with Crippen LogP contribution in [-0.2, 0) is 10.3 Å². The van der Waals surface area contributed by atoms with Crippen LogP contribution in [0.5, 0.6) is 11.5 Å². The van der Waals surface area contributed by atoms with Crippen LogP contribution < -0.4 is 9.47 Å². The van der Waals surface area contributed by atoms with E-state index < -0.39 is 5.54 Å². The summed E-state index contributed by atoms with van der Waals surface area (Å²) in [6.45, 7) is 1.31. The van der Waals surface area contributed by atoms with E-state index in [4.69, 9.17) is 9.47 Å². The first-order valence-corrected chi connectivity index (χ1v) is 5.84. The highest BCUT2D eigenvalue weighted by Gasteiger charge is 2.47. The van der Waals surface area contributed by atoms with Gasteiger partial charge in [0.2, 0.25) is 6.08 Å². The lowest BCUT2D eigenvalue weighted by Gasteiger charge is -2.15. The minimum absolute atomic E-state index is 0.402. The predicted molar refractivity (Wildman–Crippen MR) is 61.1 cm³/mol. The van der Waals surface area contributed by atoms with Crippen LogP contribution in [0.25, 0.3) is 0 Å². The Morgan fingerprint density at radius 3 is 2.82 bits per heavy atom. The number of fused-ring (bicyclic) bond motifs is 1. The Kier molecular flexibility index (Phi) is 2.37. The second kappa shape index (κ2) is 3.90. The predicted octanol–water partition coefficient (Wildman–Crippen LogP) is 2.17. The average Bonchev–Trinajstić information content (AvgIpc) is 3.12. The normalized spacial score (nSPS) is 20.0. The fourth-order valence-electron chi connectivity index (χ4n) is 2.21. The van der Waals surface area contributed by atoms with Crippen LogP contribution in [0.1, 0.15) is 24.8 Å². The van der Waals surface area contributed by atoms with Crippen molar-refractivity contribution in [2.24, 2.45) is 4.99 Å². The van der Waals surface area contributed by atoms with Gasteiger partial charge in [0.05, 0.1) is 13.2 Å². The van der Waals surface area contributed by atoms with Crippen LogP contribution in [0.3, 0.4) is 0 Å². The second-order valence-electron chi connectivity index (χ2n) is 4.42. The van der Waals surface area contributed by atoms with Gasteiger partial charge in [0.15, 0.2) is 11.5 Å². The monoisotopic (exact) mass is 231 g/mol. The minimum Gasteiger partial charge on any atom is -0.490 e. The molecule has 17 heavy (non-hydrogen) atoms. The van der Waals surface area contributed by atoms with E-state index in [0.29, 0.717) is 13.2 Å². The van der Waals surface area contributed by atoms with Crippen molar-refractivity contribution in [3.8, 4) is 11.5 Å². The summed E-state index contributed by atoms with van der Waals surface area (Å²) < 4.78 is 11.4. The topological polar surface area (TPSA) is 47.9 Å². The number of nitrogens with zero attached hydrogens (tertiary/aromatic N) is 1. The van der Waals surface area contributed by atoms with Crippen molar-refractivity contribution in [2.75, 3.05) is 13.2 Å². The van der Waals surface area contributed by atoms with Crippen molar-refractivity contribution in [3.63, 3.8) is 0 Å². The molecule has 1 fully saturated rings. The summed E-state index contributed by atoms with van der Waals surface area (Å²) in [5, 5.41) is 0. The van der Waals surface area contributed by atoms with Gasteiger partial charge in [-0.2, -0.15) is 4.99 Å². The number of carbonyl (C=O) groups excluding carboxylic acids is 1. The fourth-order valence-corrected chi connectivity index (χ4v) is 2.21. The number of benzene rings is 1. The molecule has 0 atom stereocenters. The molecule has 0 bridgehead atoms. The summed E-state index contributed by atoms with van der Waals surface area (Å²) in [5.74, 6) is 1.51. The highest BCUT2D eigenvalue weighted by atomic mass is 16.5. The summed E-state index contributed by atoms with van der Waals surface area (Å²) in [6, 6.07) is 5.77. The van der Waals surface area contributed by atoms with E-state index in [1.165, 1.54) is 0 Å². The maximum Gasteiger partial charge on any atom is 0.235 e. The molecule has 0 amide bonds. The molecule has 2 aliphatic rings. The molecule has 1 aromatic rings. The summed E-state index contributed by atoms with van der Waals surface area (Å²) in [4.78, 5) is 14.4. The van der Waals surface area contributed by atoms with Crippen LogP contribution in [0.4, 0.5) is 0 Å². The van der Waals surface area contributed by atoms with Gasteiger partial charge in [-0.05, 0) is 18.9 Å². The van der Waals surface area contributed by atoms with Gasteiger partial charge >= 0.3 is 0 Å². The zero-order chi connectivity index (χ0) is 11.7. The lowest BCUT2D eigenvalue weighted by Crippen LogP contribution is -2.06. The Bertz CT molecular complexity index is 487. The molecule has 0 N–H and O–H groups in total. The number of hydrogen-bond donors (Lipinski definition) is 0. The Hall–Kier alpha value is -1.80. The van der Waals surface area contributed by atoms with Crippen LogP contribution in [0.15, 0.2) is 23.2 Å². The maximum absolute atomic E-state index is 10.5. The van der Waals surface area contributed by atoms with Crippen LogP contribution in [0.2, 0.25) is 0 Å². The molecule has 1 aliphatic heterocycles. The zero-order valence-corrected chi connectivity index (χ0v) is 9.44. The lowest BCUT2D eigenvalue weighted by atomic mass is 10.0. The Morgan fingerprint density at radius 1 is 1.24 bits per heavy atom. The minimum atomic E-state index is -0.402. The molecule has 88 valence electrons.